The standard InChI is InChI=1S/C28H24O4/c1-2-24-20-12-16-10-18-14-22-21(25-3-4-26(22)28(25)31-7-8-32-28)13-17(18)9-15(16)11-19(20)23(1)27(24)29-5-6-30-27/h1-4,11-14,23-26H,5-10H2. The Morgan fingerprint density at radius 2 is 0.750 bits per heavy atom. The number of benzene rings is 2. The number of ether oxygens (including phenoxy) is 4. The summed E-state index contributed by atoms with van der Waals surface area (Å²) in [6, 6.07) is 9.83. The van der Waals surface area contributed by atoms with Crippen LogP contribution in [0.5, 0.6) is 0 Å². The summed E-state index contributed by atoms with van der Waals surface area (Å²) in [5.74, 6) is -0.0203. The third-order valence-corrected chi connectivity index (χ3v) is 9.12. The Morgan fingerprint density at radius 3 is 1.03 bits per heavy atom. The number of hydrogen-bond donors (Lipinski definition) is 0. The molecule has 2 spiro atoms. The predicted octanol–water partition coefficient (Wildman–Crippen LogP) is 4.17. The molecule has 160 valence electrons. The summed E-state index contributed by atoms with van der Waals surface area (Å²) in [5.41, 5.74) is 11.5. The molecule has 0 N–H and O–H groups in total. The first-order chi connectivity index (χ1) is 15.8. The van der Waals surface area contributed by atoms with E-state index in [0.29, 0.717) is 26.4 Å². The third-order valence-electron chi connectivity index (χ3n) is 9.12. The smallest absolute Gasteiger partial charge is 0.189 e. The van der Waals surface area contributed by atoms with Crippen LogP contribution < -0.4 is 0 Å². The molecule has 4 heteroatoms. The van der Waals surface area contributed by atoms with Crippen molar-refractivity contribution in [1.82, 2.24) is 0 Å². The fourth-order valence-corrected chi connectivity index (χ4v) is 7.86. The fraction of sp³-hybridized carbons (Fsp3) is 0.429. The van der Waals surface area contributed by atoms with Crippen LogP contribution in [0.1, 0.15) is 68.2 Å². The number of fused-ring (bicyclic) bond motifs is 8. The van der Waals surface area contributed by atoms with Gasteiger partial charge in [0.05, 0.1) is 50.1 Å². The highest BCUT2D eigenvalue weighted by Crippen LogP contribution is 2.61. The van der Waals surface area contributed by atoms with Crippen molar-refractivity contribution >= 4 is 0 Å². The third kappa shape index (κ3) is 1.78. The highest BCUT2D eigenvalue weighted by Gasteiger charge is 2.60. The minimum absolute atomic E-state index is 0.231. The summed E-state index contributed by atoms with van der Waals surface area (Å²) in [6.07, 6.45) is 11.2. The van der Waals surface area contributed by atoms with Gasteiger partial charge in [-0.05, 0) is 57.3 Å². The molecular formula is C28H24O4. The van der Waals surface area contributed by atoms with Gasteiger partial charge < -0.3 is 18.9 Å². The zero-order valence-corrected chi connectivity index (χ0v) is 17.8. The Morgan fingerprint density at radius 1 is 0.469 bits per heavy atom. The maximum Gasteiger partial charge on any atom is 0.189 e. The number of hydrogen-bond acceptors (Lipinski definition) is 4. The molecule has 2 aromatic carbocycles. The van der Waals surface area contributed by atoms with Crippen LogP contribution in [0.25, 0.3) is 0 Å². The van der Waals surface area contributed by atoms with Crippen LogP contribution in [0, 0.1) is 0 Å². The molecule has 4 atom stereocenters. The number of rotatable bonds is 0. The zero-order valence-electron chi connectivity index (χ0n) is 17.8. The molecule has 0 radical (unpaired) electrons. The molecule has 2 saturated heterocycles. The van der Waals surface area contributed by atoms with Gasteiger partial charge in [-0.1, -0.05) is 48.6 Å². The lowest BCUT2D eigenvalue weighted by molar-refractivity contribution is -0.161. The maximum atomic E-state index is 6.21. The van der Waals surface area contributed by atoms with Crippen LogP contribution in [0.2, 0.25) is 0 Å². The van der Waals surface area contributed by atoms with Crippen LogP contribution in [0.15, 0.2) is 48.6 Å². The van der Waals surface area contributed by atoms with Crippen LogP contribution in [0.4, 0.5) is 0 Å². The molecule has 2 fully saturated rings. The highest BCUT2D eigenvalue weighted by molar-refractivity contribution is 5.61. The zero-order chi connectivity index (χ0) is 20.7. The van der Waals surface area contributed by atoms with Gasteiger partial charge in [-0.3, -0.25) is 0 Å². The summed E-state index contributed by atoms with van der Waals surface area (Å²) in [7, 11) is 0. The van der Waals surface area contributed by atoms with E-state index in [1.807, 2.05) is 0 Å². The van der Waals surface area contributed by atoms with E-state index in [0.717, 1.165) is 12.8 Å². The molecule has 2 heterocycles. The molecule has 2 aliphatic heterocycles. The van der Waals surface area contributed by atoms with Gasteiger partial charge in [-0.25, -0.2) is 0 Å². The minimum atomic E-state index is -0.471. The second kappa shape index (κ2) is 5.45. The van der Waals surface area contributed by atoms with Crippen molar-refractivity contribution in [2.24, 2.45) is 0 Å². The summed E-state index contributed by atoms with van der Waals surface area (Å²) >= 11 is 0. The minimum Gasteiger partial charge on any atom is -0.346 e. The summed E-state index contributed by atoms with van der Waals surface area (Å²) in [4.78, 5) is 0. The van der Waals surface area contributed by atoms with Crippen molar-refractivity contribution in [1.29, 1.82) is 0 Å². The predicted molar refractivity (Wildman–Crippen MR) is 117 cm³/mol. The van der Waals surface area contributed by atoms with Gasteiger partial charge in [-0.15, -0.1) is 0 Å². The first kappa shape index (κ1) is 17.3. The molecule has 0 amide bonds. The van der Waals surface area contributed by atoms with Gasteiger partial charge in [0.15, 0.2) is 11.6 Å². The molecule has 32 heavy (non-hydrogen) atoms. The van der Waals surface area contributed by atoms with E-state index in [4.69, 9.17) is 18.9 Å². The Kier molecular flexibility index (Phi) is 2.94. The molecule has 0 aromatic heterocycles. The Labute approximate surface area is 186 Å². The Bertz CT molecular complexity index is 1090. The van der Waals surface area contributed by atoms with Crippen molar-refractivity contribution in [2.75, 3.05) is 26.4 Å². The molecular weight excluding hydrogens is 400 g/mol. The van der Waals surface area contributed by atoms with E-state index >= 15 is 0 Å². The van der Waals surface area contributed by atoms with E-state index in [1.54, 1.807) is 0 Å². The lowest BCUT2D eigenvalue weighted by atomic mass is 9.80. The normalized spacial score (nSPS) is 34.5. The van der Waals surface area contributed by atoms with Crippen molar-refractivity contribution in [3.63, 3.8) is 0 Å². The van der Waals surface area contributed by atoms with Gasteiger partial charge in [0, 0.05) is 0 Å². The molecule has 4 bridgehead atoms. The maximum absolute atomic E-state index is 6.21. The summed E-state index contributed by atoms with van der Waals surface area (Å²) in [5, 5.41) is 0. The first-order valence-electron chi connectivity index (χ1n) is 12.0. The summed E-state index contributed by atoms with van der Waals surface area (Å²) in [6.45, 7) is 2.80. The van der Waals surface area contributed by atoms with E-state index in [9.17, 15) is 0 Å². The quantitative estimate of drug-likeness (QED) is 0.508. The Balaban J connectivity index is 1.14. The molecule has 0 saturated carbocycles. The molecule has 7 aliphatic rings. The average Bonchev–Trinajstić information content (AvgIpc) is 3.65. The highest BCUT2D eigenvalue weighted by atomic mass is 16.7. The van der Waals surface area contributed by atoms with Gasteiger partial charge >= 0.3 is 0 Å². The van der Waals surface area contributed by atoms with Crippen LogP contribution in [-0.2, 0) is 31.8 Å². The molecule has 2 aromatic rings. The van der Waals surface area contributed by atoms with Crippen molar-refractivity contribution in [2.45, 2.75) is 48.1 Å². The molecule has 4 nitrogen and oxygen atoms in total. The van der Waals surface area contributed by atoms with Gasteiger partial charge in [0.2, 0.25) is 0 Å². The largest absolute Gasteiger partial charge is 0.346 e. The molecule has 9 rings (SSSR count). The second-order valence-electron chi connectivity index (χ2n) is 10.4. The average molecular weight is 424 g/mol. The van der Waals surface area contributed by atoms with Gasteiger partial charge in [-0.2, -0.15) is 0 Å². The van der Waals surface area contributed by atoms with E-state index in [-0.39, 0.29) is 23.7 Å². The van der Waals surface area contributed by atoms with Crippen LogP contribution in [-0.4, -0.2) is 38.0 Å². The Hall–Kier alpha value is -2.24. The first-order valence-corrected chi connectivity index (χ1v) is 12.0. The van der Waals surface area contributed by atoms with Gasteiger partial charge in [0.25, 0.3) is 0 Å². The molecule has 5 aliphatic carbocycles. The van der Waals surface area contributed by atoms with E-state index < -0.39 is 11.6 Å². The lowest BCUT2D eigenvalue weighted by Gasteiger charge is -2.27. The van der Waals surface area contributed by atoms with Crippen molar-refractivity contribution in [3.8, 4) is 0 Å². The van der Waals surface area contributed by atoms with E-state index in [1.165, 1.54) is 44.5 Å². The molecule has 4 unspecified atom stereocenters. The summed E-state index contributed by atoms with van der Waals surface area (Å²) < 4.78 is 24.8. The van der Waals surface area contributed by atoms with Crippen LogP contribution >= 0.6 is 0 Å². The fourth-order valence-electron chi connectivity index (χ4n) is 7.86. The monoisotopic (exact) mass is 424 g/mol. The van der Waals surface area contributed by atoms with Crippen molar-refractivity contribution in [3.05, 3.63) is 93.1 Å². The van der Waals surface area contributed by atoms with Crippen molar-refractivity contribution < 1.29 is 18.9 Å². The van der Waals surface area contributed by atoms with E-state index in [2.05, 4.69) is 48.6 Å². The second-order valence-corrected chi connectivity index (χ2v) is 10.4. The lowest BCUT2D eigenvalue weighted by Crippen LogP contribution is -2.34. The topological polar surface area (TPSA) is 36.9 Å². The SMILES string of the molecule is C1=CC2c3cc4c(cc3C1C21OCCO1)Cc1cc2c(cc1C4)C1C=CC2C12OCCO2. The van der Waals surface area contributed by atoms with Gasteiger partial charge in [0.1, 0.15) is 0 Å². The van der Waals surface area contributed by atoms with Crippen LogP contribution in [0.3, 0.4) is 0 Å².